The first-order valence-corrected chi connectivity index (χ1v) is 6.51. The van der Waals surface area contributed by atoms with Crippen LogP contribution in [0.3, 0.4) is 0 Å². The Morgan fingerprint density at radius 3 is 2.69 bits per heavy atom. The van der Waals surface area contributed by atoms with E-state index < -0.39 is 0 Å². The van der Waals surface area contributed by atoms with E-state index in [1.54, 1.807) is 0 Å². The zero-order valence-electron chi connectivity index (χ0n) is 11.1. The summed E-state index contributed by atoms with van der Waals surface area (Å²) in [7, 11) is 0. The van der Waals surface area contributed by atoms with E-state index in [1.165, 1.54) is 25.7 Å². The van der Waals surface area contributed by atoms with Crippen LogP contribution < -0.4 is 10.6 Å². The molecule has 0 spiro atoms. The first kappa shape index (κ1) is 13.5. The number of hydrogen-bond acceptors (Lipinski definition) is 2. The third-order valence-corrected chi connectivity index (χ3v) is 3.70. The predicted octanol–water partition coefficient (Wildman–Crippen LogP) is 2.07. The molecule has 1 aliphatic carbocycles. The molecule has 0 heterocycles. The highest BCUT2D eigenvalue weighted by Crippen LogP contribution is 2.35. The van der Waals surface area contributed by atoms with E-state index in [-0.39, 0.29) is 11.9 Å². The molecule has 1 aliphatic rings. The zero-order valence-corrected chi connectivity index (χ0v) is 11.1. The van der Waals surface area contributed by atoms with Crippen LogP contribution in [0.2, 0.25) is 0 Å². The van der Waals surface area contributed by atoms with Crippen molar-refractivity contribution >= 4 is 5.91 Å². The van der Waals surface area contributed by atoms with Crippen LogP contribution in [0.5, 0.6) is 0 Å². The van der Waals surface area contributed by atoms with Crippen LogP contribution >= 0.6 is 0 Å². The minimum Gasteiger partial charge on any atom is -0.355 e. The molecular weight excluding hydrogens is 200 g/mol. The number of hydrogen-bond donors (Lipinski definition) is 2. The van der Waals surface area contributed by atoms with Crippen molar-refractivity contribution in [3.05, 3.63) is 0 Å². The highest BCUT2D eigenvalue weighted by Gasteiger charge is 2.33. The number of nitrogens with one attached hydrogen (secondary N) is 2. The lowest BCUT2D eigenvalue weighted by Crippen LogP contribution is -2.52. The fourth-order valence-electron chi connectivity index (χ4n) is 2.51. The zero-order chi connectivity index (χ0) is 12.2. The van der Waals surface area contributed by atoms with Crippen molar-refractivity contribution in [3.63, 3.8) is 0 Å². The van der Waals surface area contributed by atoms with Gasteiger partial charge in [0.05, 0.1) is 6.04 Å². The van der Waals surface area contributed by atoms with Crippen LogP contribution in [-0.4, -0.2) is 24.5 Å². The topological polar surface area (TPSA) is 41.1 Å². The normalized spacial score (nSPS) is 26.1. The smallest absolute Gasteiger partial charge is 0.236 e. The molecule has 3 nitrogen and oxygen atoms in total. The summed E-state index contributed by atoms with van der Waals surface area (Å²) in [6.07, 6.45) is 5.05. The molecule has 94 valence electrons. The van der Waals surface area contributed by atoms with Gasteiger partial charge in [-0.1, -0.05) is 26.7 Å². The molecule has 2 N–H and O–H groups in total. The van der Waals surface area contributed by atoms with Crippen molar-refractivity contribution < 1.29 is 4.79 Å². The van der Waals surface area contributed by atoms with Gasteiger partial charge in [-0.25, -0.2) is 0 Å². The summed E-state index contributed by atoms with van der Waals surface area (Å²) >= 11 is 0. The lowest BCUT2D eigenvalue weighted by molar-refractivity contribution is -0.123. The van der Waals surface area contributed by atoms with Gasteiger partial charge in [-0.15, -0.1) is 0 Å². The van der Waals surface area contributed by atoms with Gasteiger partial charge in [0, 0.05) is 12.6 Å². The molecule has 0 radical (unpaired) electrons. The van der Waals surface area contributed by atoms with Gasteiger partial charge in [-0.2, -0.15) is 0 Å². The second-order valence-corrected chi connectivity index (χ2v) is 5.57. The van der Waals surface area contributed by atoms with E-state index in [0.717, 1.165) is 0 Å². The van der Waals surface area contributed by atoms with Gasteiger partial charge in [0.1, 0.15) is 0 Å². The predicted molar refractivity (Wildman–Crippen MR) is 67.3 cm³/mol. The summed E-state index contributed by atoms with van der Waals surface area (Å²) in [5, 5.41) is 6.34. The molecule has 1 rings (SSSR count). The number of carbonyl (C=O) groups excluding carboxylic acids is 1. The molecule has 16 heavy (non-hydrogen) atoms. The van der Waals surface area contributed by atoms with Crippen LogP contribution in [-0.2, 0) is 4.79 Å². The Morgan fingerprint density at radius 2 is 2.12 bits per heavy atom. The lowest BCUT2D eigenvalue weighted by atomic mass is 9.73. The van der Waals surface area contributed by atoms with E-state index >= 15 is 0 Å². The van der Waals surface area contributed by atoms with Gasteiger partial charge in [-0.05, 0) is 32.1 Å². The molecule has 2 atom stereocenters. The molecule has 0 saturated heterocycles. The van der Waals surface area contributed by atoms with Gasteiger partial charge in [0.2, 0.25) is 5.91 Å². The van der Waals surface area contributed by atoms with Crippen molar-refractivity contribution in [1.29, 1.82) is 0 Å². The number of likely N-dealkylation sites (N-methyl/N-ethyl adjacent to an activating group) is 1. The highest BCUT2D eigenvalue weighted by molar-refractivity contribution is 5.81. The maximum absolute atomic E-state index is 11.7. The Hall–Kier alpha value is -0.570. The molecule has 0 aromatic carbocycles. The fourth-order valence-corrected chi connectivity index (χ4v) is 2.51. The number of amides is 1. The van der Waals surface area contributed by atoms with E-state index in [0.29, 0.717) is 18.0 Å². The summed E-state index contributed by atoms with van der Waals surface area (Å²) in [4.78, 5) is 11.7. The molecule has 1 fully saturated rings. The minimum atomic E-state index is -0.0812. The summed E-state index contributed by atoms with van der Waals surface area (Å²) in [5.41, 5.74) is 0.318. The van der Waals surface area contributed by atoms with E-state index in [2.05, 4.69) is 24.5 Å². The Morgan fingerprint density at radius 1 is 1.44 bits per heavy atom. The van der Waals surface area contributed by atoms with E-state index in [4.69, 9.17) is 0 Å². The molecule has 1 saturated carbocycles. The number of rotatable bonds is 4. The molecular formula is C13H26N2O. The first-order valence-electron chi connectivity index (χ1n) is 6.51. The molecule has 0 aromatic rings. The maximum atomic E-state index is 11.7. The van der Waals surface area contributed by atoms with Crippen molar-refractivity contribution in [1.82, 2.24) is 10.6 Å². The standard InChI is InChI=1S/C13H26N2O/c1-5-14-12(16)10(2)15-11-8-6-7-9-13(11,3)4/h10-11,15H,5-9H2,1-4H3,(H,14,16). The molecule has 0 aliphatic heterocycles. The third kappa shape index (κ3) is 3.48. The summed E-state index contributed by atoms with van der Waals surface area (Å²) in [6.45, 7) is 9.21. The molecule has 3 heteroatoms. The Kier molecular flexibility index (Phi) is 4.78. The van der Waals surface area contributed by atoms with Crippen molar-refractivity contribution in [2.75, 3.05) is 6.54 Å². The third-order valence-electron chi connectivity index (χ3n) is 3.70. The highest BCUT2D eigenvalue weighted by atomic mass is 16.2. The summed E-state index contributed by atoms with van der Waals surface area (Å²) in [5.74, 6) is 0.115. The van der Waals surface area contributed by atoms with Crippen LogP contribution in [0.15, 0.2) is 0 Å². The van der Waals surface area contributed by atoms with Crippen LogP contribution in [0.1, 0.15) is 53.4 Å². The monoisotopic (exact) mass is 226 g/mol. The second-order valence-electron chi connectivity index (χ2n) is 5.57. The van der Waals surface area contributed by atoms with Crippen molar-refractivity contribution in [3.8, 4) is 0 Å². The quantitative estimate of drug-likeness (QED) is 0.770. The second kappa shape index (κ2) is 5.67. The molecule has 2 unspecified atom stereocenters. The summed E-state index contributed by atoms with van der Waals surface area (Å²) in [6, 6.07) is 0.390. The molecule has 1 amide bonds. The van der Waals surface area contributed by atoms with Crippen molar-refractivity contribution in [2.24, 2.45) is 5.41 Å². The van der Waals surface area contributed by atoms with Gasteiger partial charge < -0.3 is 10.6 Å². The maximum Gasteiger partial charge on any atom is 0.236 e. The van der Waals surface area contributed by atoms with Crippen molar-refractivity contribution in [2.45, 2.75) is 65.5 Å². The average Bonchev–Trinajstić information content (AvgIpc) is 2.21. The van der Waals surface area contributed by atoms with Gasteiger partial charge in [0.15, 0.2) is 0 Å². The molecule has 0 aromatic heterocycles. The molecule has 0 bridgehead atoms. The Balaban J connectivity index is 2.48. The summed E-state index contributed by atoms with van der Waals surface area (Å²) < 4.78 is 0. The van der Waals surface area contributed by atoms with E-state index in [9.17, 15) is 4.79 Å². The van der Waals surface area contributed by atoms with Crippen LogP contribution in [0, 0.1) is 5.41 Å². The average molecular weight is 226 g/mol. The Labute approximate surface area is 99.4 Å². The minimum absolute atomic E-state index is 0.0812. The van der Waals surface area contributed by atoms with Crippen LogP contribution in [0.25, 0.3) is 0 Å². The number of carbonyl (C=O) groups is 1. The largest absolute Gasteiger partial charge is 0.355 e. The van der Waals surface area contributed by atoms with Gasteiger partial charge in [0.25, 0.3) is 0 Å². The fraction of sp³-hybridized carbons (Fsp3) is 0.923. The first-order chi connectivity index (χ1) is 7.47. The van der Waals surface area contributed by atoms with E-state index in [1.807, 2.05) is 13.8 Å². The lowest BCUT2D eigenvalue weighted by Gasteiger charge is -2.40. The van der Waals surface area contributed by atoms with Crippen LogP contribution in [0.4, 0.5) is 0 Å². The van der Waals surface area contributed by atoms with Gasteiger partial charge >= 0.3 is 0 Å². The SMILES string of the molecule is CCNC(=O)C(C)NC1CCCCC1(C)C. The van der Waals surface area contributed by atoms with Gasteiger partial charge in [-0.3, -0.25) is 4.79 Å². The Bertz CT molecular complexity index is 238.